The van der Waals surface area contributed by atoms with Gasteiger partial charge in [-0.05, 0) is 25.1 Å². The van der Waals surface area contributed by atoms with E-state index < -0.39 is 0 Å². The SMILES string of the molecule is CCC1=N/C(=C/c2cc(C)ccc2OC)C(=O)N1. The minimum Gasteiger partial charge on any atom is -0.496 e. The van der Waals surface area contributed by atoms with Crippen LogP contribution in [-0.2, 0) is 4.79 Å². The Morgan fingerprint density at radius 2 is 2.22 bits per heavy atom. The molecule has 0 saturated carbocycles. The highest BCUT2D eigenvalue weighted by atomic mass is 16.5. The summed E-state index contributed by atoms with van der Waals surface area (Å²) in [6, 6.07) is 5.83. The van der Waals surface area contributed by atoms with Crippen molar-refractivity contribution in [2.75, 3.05) is 7.11 Å². The van der Waals surface area contributed by atoms with Crippen LogP contribution in [0.3, 0.4) is 0 Å². The Hall–Kier alpha value is -2.10. The summed E-state index contributed by atoms with van der Waals surface area (Å²) >= 11 is 0. The molecular weight excluding hydrogens is 228 g/mol. The zero-order valence-electron chi connectivity index (χ0n) is 10.8. The fraction of sp³-hybridized carbons (Fsp3) is 0.286. The first-order valence-corrected chi connectivity index (χ1v) is 5.89. The highest BCUT2D eigenvalue weighted by Crippen LogP contribution is 2.23. The molecule has 0 unspecified atom stereocenters. The molecule has 0 bridgehead atoms. The summed E-state index contributed by atoms with van der Waals surface area (Å²) in [4.78, 5) is 15.9. The van der Waals surface area contributed by atoms with Crippen molar-refractivity contribution in [2.24, 2.45) is 4.99 Å². The van der Waals surface area contributed by atoms with Crippen molar-refractivity contribution >= 4 is 17.8 Å². The van der Waals surface area contributed by atoms with E-state index >= 15 is 0 Å². The average molecular weight is 244 g/mol. The Morgan fingerprint density at radius 3 is 2.83 bits per heavy atom. The molecule has 0 spiro atoms. The Labute approximate surface area is 106 Å². The number of aryl methyl sites for hydroxylation is 1. The number of nitrogens with one attached hydrogen (secondary N) is 1. The largest absolute Gasteiger partial charge is 0.496 e. The first-order valence-electron chi connectivity index (χ1n) is 5.89. The predicted molar refractivity (Wildman–Crippen MR) is 71.6 cm³/mol. The van der Waals surface area contributed by atoms with Crippen molar-refractivity contribution in [1.29, 1.82) is 0 Å². The third-order valence-corrected chi connectivity index (χ3v) is 2.76. The monoisotopic (exact) mass is 244 g/mol. The van der Waals surface area contributed by atoms with Crippen LogP contribution in [0.4, 0.5) is 0 Å². The van der Waals surface area contributed by atoms with E-state index in [0.29, 0.717) is 18.0 Å². The smallest absolute Gasteiger partial charge is 0.275 e. The number of hydrogen-bond acceptors (Lipinski definition) is 3. The van der Waals surface area contributed by atoms with Gasteiger partial charge in [-0.3, -0.25) is 4.79 Å². The maximum atomic E-state index is 11.7. The van der Waals surface area contributed by atoms with E-state index in [0.717, 1.165) is 16.9 Å². The van der Waals surface area contributed by atoms with Gasteiger partial charge in [0.25, 0.3) is 5.91 Å². The number of nitrogens with zero attached hydrogens (tertiary/aromatic N) is 1. The van der Waals surface area contributed by atoms with Gasteiger partial charge in [0, 0.05) is 12.0 Å². The summed E-state index contributed by atoms with van der Waals surface area (Å²) in [6.45, 7) is 3.95. The molecule has 1 aliphatic heterocycles. The Bertz CT molecular complexity index is 545. The van der Waals surface area contributed by atoms with Gasteiger partial charge < -0.3 is 10.1 Å². The van der Waals surface area contributed by atoms with E-state index in [1.807, 2.05) is 32.0 Å². The van der Waals surface area contributed by atoms with Crippen LogP contribution < -0.4 is 10.1 Å². The number of rotatable bonds is 3. The lowest BCUT2D eigenvalue weighted by Gasteiger charge is -2.05. The van der Waals surface area contributed by atoms with Crippen LogP contribution in [0, 0.1) is 6.92 Å². The van der Waals surface area contributed by atoms with Crippen LogP contribution in [0.5, 0.6) is 5.75 Å². The number of amides is 1. The molecule has 18 heavy (non-hydrogen) atoms. The maximum Gasteiger partial charge on any atom is 0.275 e. The topological polar surface area (TPSA) is 50.7 Å². The lowest BCUT2D eigenvalue weighted by Crippen LogP contribution is -2.23. The molecule has 0 aliphatic carbocycles. The van der Waals surface area contributed by atoms with Gasteiger partial charge in [-0.15, -0.1) is 0 Å². The zero-order chi connectivity index (χ0) is 13.1. The number of carbonyl (C=O) groups excluding carboxylic acids is 1. The Balaban J connectivity index is 2.41. The van der Waals surface area contributed by atoms with Crippen molar-refractivity contribution < 1.29 is 9.53 Å². The number of hydrogen-bond donors (Lipinski definition) is 1. The summed E-state index contributed by atoms with van der Waals surface area (Å²) in [7, 11) is 1.61. The molecule has 0 fully saturated rings. The second-order valence-corrected chi connectivity index (χ2v) is 4.14. The van der Waals surface area contributed by atoms with Gasteiger partial charge in [0.1, 0.15) is 17.3 Å². The molecule has 0 aromatic heterocycles. The van der Waals surface area contributed by atoms with E-state index in [-0.39, 0.29) is 5.91 Å². The van der Waals surface area contributed by atoms with E-state index in [2.05, 4.69) is 10.3 Å². The highest BCUT2D eigenvalue weighted by Gasteiger charge is 2.18. The molecule has 1 aliphatic rings. The summed E-state index contributed by atoms with van der Waals surface area (Å²) in [5.41, 5.74) is 2.40. The average Bonchev–Trinajstić information content (AvgIpc) is 2.71. The molecule has 0 saturated heterocycles. The molecule has 1 aromatic rings. The molecule has 94 valence electrons. The van der Waals surface area contributed by atoms with Crippen molar-refractivity contribution in [3.8, 4) is 5.75 Å². The molecule has 0 atom stereocenters. The third kappa shape index (κ3) is 2.42. The molecular formula is C14H16N2O2. The van der Waals surface area contributed by atoms with Gasteiger partial charge in [0.2, 0.25) is 0 Å². The number of amidine groups is 1. The Morgan fingerprint density at radius 1 is 1.44 bits per heavy atom. The predicted octanol–water partition coefficient (Wildman–Crippen LogP) is 2.28. The molecule has 1 N–H and O–H groups in total. The number of benzene rings is 1. The fourth-order valence-electron chi connectivity index (χ4n) is 1.80. The summed E-state index contributed by atoms with van der Waals surface area (Å²) in [6.07, 6.45) is 2.47. The van der Waals surface area contributed by atoms with Crippen molar-refractivity contribution in [3.63, 3.8) is 0 Å². The summed E-state index contributed by atoms with van der Waals surface area (Å²) in [5.74, 6) is 1.29. The third-order valence-electron chi connectivity index (χ3n) is 2.76. The van der Waals surface area contributed by atoms with Crippen LogP contribution in [0.1, 0.15) is 24.5 Å². The second kappa shape index (κ2) is 5.04. The highest BCUT2D eigenvalue weighted by molar-refractivity contribution is 6.14. The minimum atomic E-state index is -0.157. The van der Waals surface area contributed by atoms with Gasteiger partial charge in [0.05, 0.1) is 7.11 Å². The van der Waals surface area contributed by atoms with E-state index in [1.165, 1.54) is 0 Å². The molecule has 1 aromatic carbocycles. The fourth-order valence-corrected chi connectivity index (χ4v) is 1.80. The van der Waals surface area contributed by atoms with Gasteiger partial charge in [0.15, 0.2) is 0 Å². The van der Waals surface area contributed by atoms with Crippen molar-refractivity contribution in [1.82, 2.24) is 5.32 Å². The zero-order valence-corrected chi connectivity index (χ0v) is 10.8. The van der Waals surface area contributed by atoms with Crippen molar-refractivity contribution in [3.05, 3.63) is 35.0 Å². The van der Waals surface area contributed by atoms with Gasteiger partial charge >= 0.3 is 0 Å². The quantitative estimate of drug-likeness (QED) is 0.829. The van der Waals surface area contributed by atoms with Gasteiger partial charge in [-0.25, -0.2) is 4.99 Å². The second-order valence-electron chi connectivity index (χ2n) is 4.14. The van der Waals surface area contributed by atoms with Crippen LogP contribution in [0.2, 0.25) is 0 Å². The molecule has 0 radical (unpaired) electrons. The van der Waals surface area contributed by atoms with Crippen LogP contribution in [-0.4, -0.2) is 18.9 Å². The molecule has 1 amide bonds. The van der Waals surface area contributed by atoms with Crippen LogP contribution in [0.25, 0.3) is 6.08 Å². The van der Waals surface area contributed by atoms with Crippen molar-refractivity contribution in [2.45, 2.75) is 20.3 Å². The number of carbonyl (C=O) groups is 1. The summed E-state index contributed by atoms with van der Waals surface area (Å²) < 4.78 is 5.27. The number of methoxy groups -OCH3 is 1. The molecule has 4 heteroatoms. The molecule has 1 heterocycles. The Kier molecular flexibility index (Phi) is 3.46. The summed E-state index contributed by atoms with van der Waals surface area (Å²) in [5, 5.41) is 2.73. The number of ether oxygens (including phenoxy) is 1. The van der Waals surface area contributed by atoms with Gasteiger partial charge in [-0.1, -0.05) is 18.6 Å². The van der Waals surface area contributed by atoms with E-state index in [1.54, 1.807) is 13.2 Å². The minimum absolute atomic E-state index is 0.157. The maximum absolute atomic E-state index is 11.7. The normalized spacial score (nSPS) is 16.7. The van der Waals surface area contributed by atoms with Crippen LogP contribution in [0.15, 0.2) is 28.9 Å². The van der Waals surface area contributed by atoms with Gasteiger partial charge in [-0.2, -0.15) is 0 Å². The molecule has 2 rings (SSSR count). The lowest BCUT2D eigenvalue weighted by atomic mass is 10.1. The first-order chi connectivity index (χ1) is 8.63. The standard InChI is InChI=1S/C14H16N2O2/c1-4-13-15-11(14(17)16-13)8-10-7-9(2)5-6-12(10)18-3/h5-8H,4H2,1-3H3,(H,15,16,17)/b11-8+. The lowest BCUT2D eigenvalue weighted by molar-refractivity contribution is -0.115. The van der Waals surface area contributed by atoms with Crippen LogP contribution >= 0.6 is 0 Å². The van der Waals surface area contributed by atoms with E-state index in [4.69, 9.17) is 4.74 Å². The molecule has 4 nitrogen and oxygen atoms in total. The first kappa shape index (κ1) is 12.4. The van der Waals surface area contributed by atoms with E-state index in [9.17, 15) is 4.79 Å². The number of aliphatic imine (C=N–C) groups is 1.